The minimum atomic E-state index is -0.348. The molecule has 0 aliphatic heterocycles. The molecule has 0 saturated carbocycles. The van der Waals surface area contributed by atoms with E-state index < -0.39 is 0 Å². The molecule has 2 aromatic carbocycles. The summed E-state index contributed by atoms with van der Waals surface area (Å²) < 4.78 is 1.24. The van der Waals surface area contributed by atoms with Gasteiger partial charge in [-0.1, -0.05) is 35.9 Å². The van der Waals surface area contributed by atoms with Crippen molar-refractivity contribution in [1.29, 1.82) is 0 Å². The van der Waals surface area contributed by atoms with E-state index in [0.29, 0.717) is 16.9 Å². The van der Waals surface area contributed by atoms with Gasteiger partial charge in [0.2, 0.25) is 0 Å². The van der Waals surface area contributed by atoms with E-state index >= 15 is 0 Å². The van der Waals surface area contributed by atoms with E-state index in [1.165, 1.54) is 10.7 Å². The highest BCUT2D eigenvalue weighted by Crippen LogP contribution is 2.11. The van der Waals surface area contributed by atoms with Crippen molar-refractivity contribution in [2.45, 2.75) is 13.8 Å². The fourth-order valence-electron chi connectivity index (χ4n) is 2.35. The van der Waals surface area contributed by atoms with Gasteiger partial charge in [0, 0.05) is 11.8 Å². The van der Waals surface area contributed by atoms with Gasteiger partial charge in [-0.25, -0.2) is 0 Å². The van der Waals surface area contributed by atoms with Crippen LogP contribution in [0.5, 0.6) is 0 Å². The number of nitrogens with one attached hydrogen (secondary N) is 1. The Hall–Kier alpha value is -3.21. The first kappa shape index (κ1) is 15.7. The Morgan fingerprint density at radius 1 is 1.00 bits per heavy atom. The molecule has 3 aromatic rings. The molecular weight excluding hydrogens is 302 g/mol. The molecule has 0 fully saturated rings. The molecular formula is C19H17N3O2. The third-order valence-electron chi connectivity index (χ3n) is 3.65. The lowest BCUT2D eigenvalue weighted by Gasteiger charge is -2.10. The molecule has 3 rings (SSSR count). The Morgan fingerprint density at radius 2 is 1.67 bits per heavy atom. The van der Waals surface area contributed by atoms with Crippen molar-refractivity contribution in [1.82, 2.24) is 9.78 Å². The number of hydrogen-bond donors (Lipinski definition) is 1. The maximum absolute atomic E-state index is 12.5. The quantitative estimate of drug-likeness (QED) is 0.807. The Labute approximate surface area is 139 Å². The molecule has 0 saturated heterocycles. The van der Waals surface area contributed by atoms with Crippen LogP contribution in [0.1, 0.15) is 21.6 Å². The van der Waals surface area contributed by atoms with Crippen LogP contribution in [0.4, 0.5) is 5.69 Å². The van der Waals surface area contributed by atoms with E-state index in [2.05, 4.69) is 10.4 Å². The van der Waals surface area contributed by atoms with Crippen LogP contribution in [0.2, 0.25) is 0 Å². The topological polar surface area (TPSA) is 64.0 Å². The summed E-state index contributed by atoms with van der Waals surface area (Å²) in [5.41, 5.74) is 2.88. The minimum absolute atomic E-state index is 0.221. The molecule has 0 aliphatic rings. The number of carbonyl (C=O) groups excluding carboxylic acids is 1. The SMILES string of the molecule is Cc1ccc(-n2nc(C(=O)Nc3ccccc3)c(C)cc2=O)cc1. The molecule has 1 aromatic heterocycles. The molecule has 0 aliphatic carbocycles. The number of benzene rings is 2. The smallest absolute Gasteiger partial charge is 0.276 e. The second-order valence-corrected chi connectivity index (χ2v) is 5.58. The van der Waals surface area contributed by atoms with Crippen molar-refractivity contribution >= 4 is 11.6 Å². The summed E-state index contributed by atoms with van der Waals surface area (Å²) in [6, 6.07) is 18.0. The Bertz CT molecular complexity index is 929. The summed E-state index contributed by atoms with van der Waals surface area (Å²) in [5.74, 6) is -0.348. The lowest BCUT2D eigenvalue weighted by Crippen LogP contribution is -2.26. The van der Waals surface area contributed by atoms with Crippen molar-refractivity contribution < 1.29 is 4.79 Å². The fourth-order valence-corrected chi connectivity index (χ4v) is 2.35. The molecule has 0 bridgehead atoms. The highest BCUT2D eigenvalue weighted by atomic mass is 16.2. The molecule has 120 valence electrons. The van der Waals surface area contributed by atoms with Gasteiger partial charge in [-0.2, -0.15) is 9.78 Å². The monoisotopic (exact) mass is 319 g/mol. The van der Waals surface area contributed by atoms with Crippen molar-refractivity contribution in [2.75, 3.05) is 5.32 Å². The number of hydrogen-bond acceptors (Lipinski definition) is 3. The first-order chi connectivity index (χ1) is 11.5. The van der Waals surface area contributed by atoms with Crippen LogP contribution in [0, 0.1) is 13.8 Å². The van der Waals surface area contributed by atoms with Crippen LogP contribution in [0.25, 0.3) is 5.69 Å². The van der Waals surface area contributed by atoms with Crippen LogP contribution in [-0.4, -0.2) is 15.7 Å². The number of para-hydroxylation sites is 1. The van der Waals surface area contributed by atoms with Gasteiger partial charge < -0.3 is 5.32 Å². The molecule has 1 N–H and O–H groups in total. The predicted octanol–water partition coefficient (Wildman–Crippen LogP) is 3.10. The van der Waals surface area contributed by atoms with Gasteiger partial charge in [-0.15, -0.1) is 0 Å². The maximum atomic E-state index is 12.5. The average molecular weight is 319 g/mol. The van der Waals surface area contributed by atoms with Crippen LogP contribution in [0.3, 0.4) is 0 Å². The predicted molar refractivity (Wildman–Crippen MR) is 93.7 cm³/mol. The van der Waals surface area contributed by atoms with Crippen LogP contribution < -0.4 is 10.9 Å². The number of amides is 1. The summed E-state index contributed by atoms with van der Waals surface area (Å²) in [6.07, 6.45) is 0. The fraction of sp³-hybridized carbons (Fsp3) is 0.105. The summed E-state index contributed by atoms with van der Waals surface area (Å²) in [6.45, 7) is 3.67. The van der Waals surface area contributed by atoms with Gasteiger partial charge in [0.1, 0.15) is 0 Å². The van der Waals surface area contributed by atoms with Crippen molar-refractivity contribution in [2.24, 2.45) is 0 Å². The molecule has 1 heterocycles. The van der Waals surface area contributed by atoms with Crippen molar-refractivity contribution in [3.05, 3.63) is 87.8 Å². The second-order valence-electron chi connectivity index (χ2n) is 5.58. The maximum Gasteiger partial charge on any atom is 0.276 e. The summed E-state index contributed by atoms with van der Waals surface area (Å²) >= 11 is 0. The first-order valence-corrected chi connectivity index (χ1v) is 7.59. The summed E-state index contributed by atoms with van der Waals surface area (Å²) in [5, 5.41) is 7.05. The van der Waals surface area contributed by atoms with Crippen molar-refractivity contribution in [3.63, 3.8) is 0 Å². The van der Waals surface area contributed by atoms with Crippen LogP contribution in [0.15, 0.2) is 65.5 Å². The van der Waals surface area contributed by atoms with E-state index in [0.717, 1.165) is 5.56 Å². The number of nitrogens with zero attached hydrogens (tertiary/aromatic N) is 2. The molecule has 0 spiro atoms. The highest BCUT2D eigenvalue weighted by molar-refractivity contribution is 6.03. The van der Waals surface area contributed by atoms with Crippen LogP contribution in [-0.2, 0) is 0 Å². The average Bonchev–Trinajstić information content (AvgIpc) is 2.57. The first-order valence-electron chi connectivity index (χ1n) is 7.59. The standard InChI is InChI=1S/C19H17N3O2/c1-13-8-10-16(11-9-13)22-17(23)12-14(2)18(21-22)19(24)20-15-6-4-3-5-7-15/h3-12H,1-2H3,(H,20,24). The van der Waals surface area contributed by atoms with Crippen molar-refractivity contribution in [3.8, 4) is 5.69 Å². The summed E-state index contributed by atoms with van der Waals surface area (Å²) in [4.78, 5) is 24.7. The molecule has 0 atom stereocenters. The summed E-state index contributed by atoms with van der Waals surface area (Å²) in [7, 11) is 0. The molecule has 24 heavy (non-hydrogen) atoms. The van der Waals surface area contributed by atoms with Gasteiger partial charge in [-0.3, -0.25) is 9.59 Å². The largest absolute Gasteiger partial charge is 0.321 e. The Balaban J connectivity index is 1.99. The zero-order chi connectivity index (χ0) is 17.1. The third kappa shape index (κ3) is 3.25. The molecule has 5 heteroatoms. The van der Waals surface area contributed by atoms with E-state index in [-0.39, 0.29) is 17.2 Å². The number of rotatable bonds is 3. The zero-order valence-electron chi connectivity index (χ0n) is 13.5. The lowest BCUT2D eigenvalue weighted by atomic mass is 10.2. The van der Waals surface area contributed by atoms with E-state index in [1.54, 1.807) is 31.2 Å². The Kier molecular flexibility index (Phi) is 4.24. The van der Waals surface area contributed by atoms with Gasteiger partial charge >= 0.3 is 0 Å². The number of aryl methyl sites for hydroxylation is 2. The highest BCUT2D eigenvalue weighted by Gasteiger charge is 2.14. The second kappa shape index (κ2) is 6.50. The normalized spacial score (nSPS) is 10.4. The Morgan fingerprint density at radius 3 is 2.33 bits per heavy atom. The van der Waals surface area contributed by atoms with E-state index in [4.69, 9.17) is 0 Å². The minimum Gasteiger partial charge on any atom is -0.321 e. The number of carbonyl (C=O) groups is 1. The number of anilines is 1. The van der Waals surface area contributed by atoms with Gasteiger partial charge in [0.15, 0.2) is 5.69 Å². The molecule has 1 amide bonds. The van der Waals surface area contributed by atoms with Gasteiger partial charge in [-0.05, 0) is 43.7 Å². The van der Waals surface area contributed by atoms with E-state index in [9.17, 15) is 9.59 Å². The number of aromatic nitrogens is 2. The zero-order valence-corrected chi connectivity index (χ0v) is 13.5. The van der Waals surface area contributed by atoms with Gasteiger partial charge in [0.05, 0.1) is 5.69 Å². The van der Waals surface area contributed by atoms with E-state index in [1.807, 2.05) is 37.3 Å². The van der Waals surface area contributed by atoms with Gasteiger partial charge in [0.25, 0.3) is 11.5 Å². The third-order valence-corrected chi connectivity index (χ3v) is 3.65. The lowest BCUT2D eigenvalue weighted by molar-refractivity contribution is 0.102. The molecule has 0 unspecified atom stereocenters. The molecule has 5 nitrogen and oxygen atoms in total. The van der Waals surface area contributed by atoms with Crippen LogP contribution >= 0.6 is 0 Å². The molecule has 0 radical (unpaired) electrons.